The molecule has 2 rings (SSSR count). The van der Waals surface area contributed by atoms with Gasteiger partial charge in [0.1, 0.15) is 18.1 Å². The summed E-state index contributed by atoms with van der Waals surface area (Å²) in [5.41, 5.74) is 5.42. The fourth-order valence-electron chi connectivity index (χ4n) is 3.70. The quantitative estimate of drug-likeness (QED) is 0.559. The van der Waals surface area contributed by atoms with E-state index in [-0.39, 0.29) is 24.3 Å². The van der Waals surface area contributed by atoms with Gasteiger partial charge in [0, 0.05) is 13.1 Å². The minimum absolute atomic E-state index is 0.150. The monoisotopic (exact) mass is 368 g/mol. The van der Waals surface area contributed by atoms with Crippen LogP contribution in [0.25, 0.3) is 0 Å². The van der Waals surface area contributed by atoms with Crippen LogP contribution in [0.1, 0.15) is 39.5 Å². The number of nitrogens with two attached hydrogens (primary N) is 1. The molecule has 0 aromatic heterocycles. The number of carboxylic acids is 1. The molecule has 9 heteroatoms. The minimum atomic E-state index is -1.10. The first-order valence-electron chi connectivity index (χ1n) is 9.11. The molecular weight excluding hydrogens is 340 g/mol. The number of rotatable bonds is 6. The average molecular weight is 368 g/mol. The zero-order valence-corrected chi connectivity index (χ0v) is 15.3. The summed E-state index contributed by atoms with van der Waals surface area (Å²) in [7, 11) is 0. The number of aliphatic carboxylic acids is 1. The zero-order valence-electron chi connectivity index (χ0n) is 15.3. The predicted octanol–water partition coefficient (Wildman–Crippen LogP) is -0.847. The smallest absolute Gasteiger partial charge is 0.326 e. The number of nitrogens with one attached hydrogen (secondary N) is 1. The van der Waals surface area contributed by atoms with E-state index in [1.165, 1.54) is 9.80 Å². The Balaban J connectivity index is 2.09. The highest BCUT2D eigenvalue weighted by molar-refractivity contribution is 5.94. The van der Waals surface area contributed by atoms with Gasteiger partial charge in [-0.3, -0.25) is 14.4 Å². The van der Waals surface area contributed by atoms with Gasteiger partial charge in [0.05, 0.1) is 6.54 Å². The van der Waals surface area contributed by atoms with Gasteiger partial charge in [-0.15, -0.1) is 0 Å². The van der Waals surface area contributed by atoms with Crippen molar-refractivity contribution in [1.29, 1.82) is 0 Å². The Morgan fingerprint density at radius 3 is 2.19 bits per heavy atom. The molecule has 0 radical (unpaired) electrons. The highest BCUT2D eigenvalue weighted by Gasteiger charge is 2.42. The number of hydrogen-bond donors (Lipinski definition) is 3. The molecule has 2 aliphatic rings. The molecule has 3 unspecified atom stereocenters. The zero-order chi connectivity index (χ0) is 19.4. The second-order valence-electron chi connectivity index (χ2n) is 7.21. The fourth-order valence-corrected chi connectivity index (χ4v) is 3.70. The standard InChI is InChI=1S/C17H28N4O5/c1-10(2)14(17(25)26)19-15(23)11-5-3-8-21(11)16(24)12-6-4-7-20(12)13(22)9-18/h10-12,14H,3-9,18H2,1-2H3,(H,19,23)(H,25,26). The summed E-state index contributed by atoms with van der Waals surface area (Å²) in [6.07, 6.45) is 2.43. The van der Waals surface area contributed by atoms with Crippen LogP contribution in [0, 0.1) is 5.92 Å². The molecule has 0 aromatic rings. The van der Waals surface area contributed by atoms with Crippen LogP contribution in [0.2, 0.25) is 0 Å². The van der Waals surface area contributed by atoms with Crippen molar-refractivity contribution >= 4 is 23.7 Å². The first-order chi connectivity index (χ1) is 12.3. The van der Waals surface area contributed by atoms with Crippen molar-refractivity contribution in [3.8, 4) is 0 Å². The summed E-state index contributed by atoms with van der Waals surface area (Å²) in [5.74, 6) is -2.34. The van der Waals surface area contributed by atoms with Gasteiger partial charge in [-0.05, 0) is 31.6 Å². The molecule has 0 aliphatic carbocycles. The first-order valence-corrected chi connectivity index (χ1v) is 9.11. The van der Waals surface area contributed by atoms with E-state index >= 15 is 0 Å². The molecule has 3 atom stereocenters. The molecule has 26 heavy (non-hydrogen) atoms. The van der Waals surface area contributed by atoms with Crippen molar-refractivity contribution < 1.29 is 24.3 Å². The van der Waals surface area contributed by atoms with E-state index in [0.29, 0.717) is 32.4 Å². The van der Waals surface area contributed by atoms with Crippen molar-refractivity contribution in [3.63, 3.8) is 0 Å². The van der Waals surface area contributed by atoms with Crippen LogP contribution < -0.4 is 11.1 Å². The highest BCUT2D eigenvalue weighted by atomic mass is 16.4. The van der Waals surface area contributed by atoms with Crippen LogP contribution in [-0.4, -0.2) is 76.4 Å². The van der Waals surface area contributed by atoms with E-state index in [4.69, 9.17) is 5.73 Å². The summed E-state index contributed by atoms with van der Waals surface area (Å²) in [6.45, 7) is 4.20. The summed E-state index contributed by atoms with van der Waals surface area (Å²) in [5, 5.41) is 11.8. The maximum Gasteiger partial charge on any atom is 0.326 e. The second kappa shape index (κ2) is 8.48. The maximum atomic E-state index is 12.9. The number of nitrogens with zero attached hydrogens (tertiary/aromatic N) is 2. The number of likely N-dealkylation sites (tertiary alicyclic amines) is 2. The molecular formula is C17H28N4O5. The summed E-state index contributed by atoms with van der Waals surface area (Å²) < 4.78 is 0. The van der Waals surface area contributed by atoms with Crippen LogP contribution in [0.3, 0.4) is 0 Å². The van der Waals surface area contributed by atoms with Crippen LogP contribution in [0.4, 0.5) is 0 Å². The van der Waals surface area contributed by atoms with Gasteiger partial charge >= 0.3 is 5.97 Å². The molecule has 2 fully saturated rings. The number of hydrogen-bond acceptors (Lipinski definition) is 5. The number of carbonyl (C=O) groups excluding carboxylic acids is 3. The molecule has 9 nitrogen and oxygen atoms in total. The summed E-state index contributed by atoms with van der Waals surface area (Å²) in [6, 6.07) is -2.28. The lowest BCUT2D eigenvalue weighted by Crippen LogP contribution is -2.56. The third-order valence-electron chi connectivity index (χ3n) is 5.10. The lowest BCUT2D eigenvalue weighted by molar-refractivity contribution is -0.148. The molecule has 4 N–H and O–H groups in total. The Kier molecular flexibility index (Phi) is 6.57. The van der Waals surface area contributed by atoms with Crippen molar-refractivity contribution in [3.05, 3.63) is 0 Å². The maximum absolute atomic E-state index is 12.9. The third-order valence-corrected chi connectivity index (χ3v) is 5.10. The molecule has 2 heterocycles. The average Bonchev–Trinajstić information content (AvgIpc) is 3.26. The van der Waals surface area contributed by atoms with E-state index in [0.717, 1.165) is 6.42 Å². The van der Waals surface area contributed by atoms with Gasteiger partial charge < -0.3 is 26.0 Å². The number of amides is 3. The third kappa shape index (κ3) is 4.14. The van der Waals surface area contributed by atoms with Gasteiger partial charge in [0.2, 0.25) is 17.7 Å². The first kappa shape index (κ1) is 20.2. The largest absolute Gasteiger partial charge is 0.480 e. The Hall–Kier alpha value is -2.16. The molecule has 0 bridgehead atoms. The van der Waals surface area contributed by atoms with Gasteiger partial charge in [0.25, 0.3) is 0 Å². The van der Waals surface area contributed by atoms with Gasteiger partial charge in [0.15, 0.2) is 0 Å². The topological polar surface area (TPSA) is 133 Å². The lowest BCUT2D eigenvalue weighted by atomic mass is 10.0. The number of carboxylic acid groups (broad SMARTS) is 1. The van der Waals surface area contributed by atoms with Crippen LogP contribution in [0.5, 0.6) is 0 Å². The van der Waals surface area contributed by atoms with Gasteiger partial charge in [-0.1, -0.05) is 13.8 Å². The van der Waals surface area contributed by atoms with Crippen LogP contribution >= 0.6 is 0 Å². The lowest BCUT2D eigenvalue weighted by Gasteiger charge is -2.31. The van der Waals surface area contributed by atoms with E-state index in [1.54, 1.807) is 13.8 Å². The van der Waals surface area contributed by atoms with Crippen molar-refractivity contribution in [2.24, 2.45) is 11.7 Å². The van der Waals surface area contributed by atoms with E-state index in [1.807, 2.05) is 0 Å². The molecule has 0 spiro atoms. The Morgan fingerprint density at radius 2 is 1.65 bits per heavy atom. The Bertz CT molecular complexity index is 580. The van der Waals surface area contributed by atoms with E-state index < -0.39 is 30.0 Å². The molecule has 0 aromatic carbocycles. The normalized spacial score (nSPS) is 24.0. The van der Waals surface area contributed by atoms with Gasteiger partial charge in [-0.25, -0.2) is 4.79 Å². The SMILES string of the molecule is CC(C)C(NC(=O)C1CCCN1C(=O)C1CCCN1C(=O)CN)C(=O)O. The molecule has 0 saturated carbocycles. The molecule has 3 amide bonds. The van der Waals surface area contributed by atoms with E-state index in [9.17, 15) is 24.3 Å². The fraction of sp³-hybridized carbons (Fsp3) is 0.765. The molecule has 2 aliphatic heterocycles. The Morgan fingerprint density at radius 1 is 1.08 bits per heavy atom. The van der Waals surface area contributed by atoms with Crippen LogP contribution in [0.15, 0.2) is 0 Å². The van der Waals surface area contributed by atoms with Crippen molar-refractivity contribution in [1.82, 2.24) is 15.1 Å². The summed E-state index contributed by atoms with van der Waals surface area (Å²) in [4.78, 5) is 51.8. The van der Waals surface area contributed by atoms with E-state index in [2.05, 4.69) is 5.32 Å². The highest BCUT2D eigenvalue weighted by Crippen LogP contribution is 2.25. The summed E-state index contributed by atoms with van der Waals surface area (Å²) >= 11 is 0. The van der Waals surface area contributed by atoms with Gasteiger partial charge in [-0.2, -0.15) is 0 Å². The predicted molar refractivity (Wildman–Crippen MR) is 92.9 cm³/mol. The van der Waals surface area contributed by atoms with Crippen molar-refractivity contribution in [2.45, 2.75) is 57.7 Å². The Labute approximate surface area is 152 Å². The van der Waals surface area contributed by atoms with Crippen LogP contribution in [-0.2, 0) is 19.2 Å². The van der Waals surface area contributed by atoms with Crippen molar-refractivity contribution in [2.75, 3.05) is 19.6 Å². The second-order valence-corrected chi connectivity index (χ2v) is 7.21. The minimum Gasteiger partial charge on any atom is -0.480 e. The number of carbonyl (C=O) groups is 4. The molecule has 146 valence electrons. The molecule has 2 saturated heterocycles.